The molecule has 0 radical (unpaired) electrons. The monoisotopic (exact) mass is 371 g/mol. The Balaban J connectivity index is 3.47. The van der Waals surface area contributed by atoms with E-state index in [1.54, 1.807) is 0 Å². The highest BCUT2D eigenvalue weighted by atomic mass is 16.4. The number of aliphatic carboxylic acids is 2. The number of nitrogens with one attached hydrogen (secondary N) is 1. The van der Waals surface area contributed by atoms with Crippen molar-refractivity contribution in [2.75, 3.05) is 0 Å². The minimum absolute atomic E-state index is 0.251. The van der Waals surface area contributed by atoms with E-state index in [2.05, 4.69) is 12.2 Å². The van der Waals surface area contributed by atoms with Crippen molar-refractivity contribution in [2.24, 2.45) is 0 Å². The van der Waals surface area contributed by atoms with Crippen LogP contribution in [0.2, 0.25) is 0 Å². The Hall–Kier alpha value is -1.59. The van der Waals surface area contributed by atoms with Gasteiger partial charge in [0.25, 0.3) is 0 Å². The standard InChI is InChI=1S/C20H37NO5/c1-2-3-4-5-6-7-8-9-10-11-12-13-14-15-18(22)21-17(20(25)26)16-19(23)24/h17H,2-16H2,1H3,(H,21,22)(H,23,24)(H,25,26)/t17-/m0/s1. The number of carbonyl (C=O) groups excluding carboxylic acids is 1. The van der Waals surface area contributed by atoms with E-state index in [9.17, 15) is 14.4 Å². The summed E-state index contributed by atoms with van der Waals surface area (Å²) in [5.41, 5.74) is 0. The zero-order valence-electron chi connectivity index (χ0n) is 16.3. The largest absolute Gasteiger partial charge is 0.481 e. The van der Waals surface area contributed by atoms with E-state index >= 15 is 0 Å². The van der Waals surface area contributed by atoms with Crippen LogP contribution in [0, 0.1) is 0 Å². The predicted molar refractivity (Wildman–Crippen MR) is 102 cm³/mol. The van der Waals surface area contributed by atoms with Gasteiger partial charge in [-0.1, -0.05) is 84.0 Å². The molecule has 6 nitrogen and oxygen atoms in total. The Labute approximate surface area is 157 Å². The lowest BCUT2D eigenvalue weighted by Crippen LogP contribution is -2.42. The quantitative estimate of drug-likeness (QED) is 0.307. The lowest BCUT2D eigenvalue weighted by Gasteiger charge is -2.12. The van der Waals surface area contributed by atoms with Gasteiger partial charge in [0.05, 0.1) is 6.42 Å². The van der Waals surface area contributed by atoms with Gasteiger partial charge in [-0.2, -0.15) is 0 Å². The van der Waals surface area contributed by atoms with Crippen LogP contribution in [-0.2, 0) is 14.4 Å². The highest BCUT2D eigenvalue weighted by Crippen LogP contribution is 2.13. The van der Waals surface area contributed by atoms with Crippen LogP contribution >= 0.6 is 0 Å². The highest BCUT2D eigenvalue weighted by molar-refractivity contribution is 5.86. The number of carboxylic acids is 2. The summed E-state index contributed by atoms with van der Waals surface area (Å²) >= 11 is 0. The molecule has 0 aliphatic heterocycles. The molecule has 0 aromatic heterocycles. The molecule has 0 aromatic rings. The first kappa shape index (κ1) is 24.4. The predicted octanol–water partition coefficient (Wildman–Crippen LogP) is 4.51. The molecular weight excluding hydrogens is 334 g/mol. The Kier molecular flexibility index (Phi) is 15.8. The van der Waals surface area contributed by atoms with Crippen LogP contribution in [0.15, 0.2) is 0 Å². The van der Waals surface area contributed by atoms with Crippen molar-refractivity contribution in [1.29, 1.82) is 0 Å². The Morgan fingerprint density at radius 1 is 0.731 bits per heavy atom. The van der Waals surface area contributed by atoms with E-state index < -0.39 is 24.4 Å². The molecule has 0 saturated carbocycles. The summed E-state index contributed by atoms with van der Waals surface area (Å²) in [5.74, 6) is -2.94. The number of rotatable bonds is 18. The minimum atomic E-state index is -1.35. The molecule has 26 heavy (non-hydrogen) atoms. The fraction of sp³-hybridized carbons (Fsp3) is 0.850. The van der Waals surface area contributed by atoms with Gasteiger partial charge in [-0.3, -0.25) is 9.59 Å². The molecule has 152 valence electrons. The lowest BCUT2D eigenvalue weighted by atomic mass is 10.0. The van der Waals surface area contributed by atoms with Crippen molar-refractivity contribution in [1.82, 2.24) is 5.32 Å². The molecule has 0 heterocycles. The maximum Gasteiger partial charge on any atom is 0.326 e. The minimum Gasteiger partial charge on any atom is -0.481 e. The second-order valence-corrected chi connectivity index (χ2v) is 7.05. The maximum atomic E-state index is 11.7. The first-order chi connectivity index (χ1) is 12.5. The summed E-state index contributed by atoms with van der Waals surface area (Å²) in [6.07, 6.45) is 15.5. The fourth-order valence-corrected chi connectivity index (χ4v) is 2.94. The van der Waals surface area contributed by atoms with Crippen molar-refractivity contribution in [3.63, 3.8) is 0 Å². The zero-order chi connectivity index (χ0) is 19.6. The molecule has 0 rings (SSSR count). The maximum absolute atomic E-state index is 11.7. The molecule has 0 bridgehead atoms. The molecule has 0 aliphatic carbocycles. The van der Waals surface area contributed by atoms with Gasteiger partial charge in [0.2, 0.25) is 5.91 Å². The van der Waals surface area contributed by atoms with Gasteiger partial charge < -0.3 is 15.5 Å². The van der Waals surface area contributed by atoms with Gasteiger partial charge in [-0.15, -0.1) is 0 Å². The van der Waals surface area contributed by atoms with E-state index in [0.717, 1.165) is 12.8 Å². The summed E-state index contributed by atoms with van der Waals surface area (Å²) in [5, 5.41) is 19.8. The molecular formula is C20H37NO5. The van der Waals surface area contributed by atoms with E-state index in [-0.39, 0.29) is 12.3 Å². The zero-order valence-corrected chi connectivity index (χ0v) is 16.3. The molecule has 0 spiro atoms. The number of hydrogen-bond acceptors (Lipinski definition) is 3. The number of unbranched alkanes of at least 4 members (excludes halogenated alkanes) is 12. The highest BCUT2D eigenvalue weighted by Gasteiger charge is 2.22. The molecule has 0 unspecified atom stereocenters. The molecule has 0 aliphatic rings. The smallest absolute Gasteiger partial charge is 0.326 e. The molecule has 0 saturated heterocycles. The summed E-state index contributed by atoms with van der Waals surface area (Å²) in [6.45, 7) is 2.23. The third-order valence-corrected chi connectivity index (χ3v) is 4.52. The number of carboxylic acid groups (broad SMARTS) is 2. The molecule has 0 fully saturated rings. The van der Waals surface area contributed by atoms with Crippen LogP contribution in [0.25, 0.3) is 0 Å². The van der Waals surface area contributed by atoms with Crippen LogP contribution in [-0.4, -0.2) is 34.1 Å². The number of carbonyl (C=O) groups is 3. The first-order valence-corrected chi connectivity index (χ1v) is 10.2. The summed E-state index contributed by atoms with van der Waals surface area (Å²) < 4.78 is 0. The van der Waals surface area contributed by atoms with E-state index in [4.69, 9.17) is 10.2 Å². The van der Waals surface area contributed by atoms with Crippen molar-refractivity contribution in [3.8, 4) is 0 Å². The molecule has 6 heteroatoms. The van der Waals surface area contributed by atoms with Gasteiger partial charge in [0, 0.05) is 6.42 Å². The normalized spacial score (nSPS) is 11.9. The second kappa shape index (κ2) is 16.9. The van der Waals surface area contributed by atoms with Gasteiger partial charge in [0.1, 0.15) is 6.04 Å². The van der Waals surface area contributed by atoms with E-state index in [0.29, 0.717) is 6.42 Å². The molecule has 1 amide bonds. The SMILES string of the molecule is CCCCCCCCCCCCCCCC(=O)N[C@@H](CC(=O)O)C(=O)O. The average Bonchev–Trinajstić information content (AvgIpc) is 2.58. The third-order valence-electron chi connectivity index (χ3n) is 4.52. The van der Waals surface area contributed by atoms with E-state index in [1.165, 1.54) is 64.2 Å². The first-order valence-electron chi connectivity index (χ1n) is 10.2. The van der Waals surface area contributed by atoms with Crippen molar-refractivity contribution >= 4 is 17.8 Å². The van der Waals surface area contributed by atoms with E-state index in [1.807, 2.05) is 0 Å². The fourth-order valence-electron chi connectivity index (χ4n) is 2.94. The van der Waals surface area contributed by atoms with Crippen LogP contribution in [0.5, 0.6) is 0 Å². The van der Waals surface area contributed by atoms with Crippen LogP contribution < -0.4 is 5.32 Å². The van der Waals surface area contributed by atoms with Gasteiger partial charge in [-0.25, -0.2) is 4.79 Å². The van der Waals surface area contributed by atoms with Gasteiger partial charge in [-0.05, 0) is 6.42 Å². The topological polar surface area (TPSA) is 104 Å². The van der Waals surface area contributed by atoms with Crippen LogP contribution in [0.3, 0.4) is 0 Å². The lowest BCUT2D eigenvalue weighted by molar-refractivity contribution is -0.147. The van der Waals surface area contributed by atoms with Crippen molar-refractivity contribution in [2.45, 2.75) is 109 Å². The van der Waals surface area contributed by atoms with Gasteiger partial charge >= 0.3 is 11.9 Å². The Morgan fingerprint density at radius 2 is 1.15 bits per heavy atom. The van der Waals surface area contributed by atoms with Crippen molar-refractivity contribution < 1.29 is 24.6 Å². The molecule has 1 atom stereocenters. The third kappa shape index (κ3) is 15.9. The molecule has 0 aromatic carbocycles. The van der Waals surface area contributed by atoms with Crippen molar-refractivity contribution in [3.05, 3.63) is 0 Å². The number of amides is 1. The average molecular weight is 372 g/mol. The van der Waals surface area contributed by atoms with Gasteiger partial charge in [0.15, 0.2) is 0 Å². The van der Waals surface area contributed by atoms with Crippen LogP contribution in [0.4, 0.5) is 0 Å². The second-order valence-electron chi connectivity index (χ2n) is 7.05. The Bertz CT molecular complexity index is 398. The van der Waals surface area contributed by atoms with Crippen LogP contribution in [0.1, 0.15) is 103 Å². The summed E-state index contributed by atoms with van der Waals surface area (Å²) in [4.78, 5) is 33.1. The Morgan fingerprint density at radius 3 is 1.54 bits per heavy atom. The number of hydrogen-bond donors (Lipinski definition) is 3. The molecule has 3 N–H and O–H groups in total. The summed E-state index contributed by atoms with van der Waals surface area (Å²) in [6, 6.07) is -1.35. The summed E-state index contributed by atoms with van der Waals surface area (Å²) in [7, 11) is 0.